The number of nitrogens with zero attached hydrogens (tertiary/aromatic N) is 1. The van der Waals surface area contributed by atoms with Crippen LogP contribution in [0.5, 0.6) is 0 Å². The zero-order valence-electron chi connectivity index (χ0n) is 10.1. The van der Waals surface area contributed by atoms with E-state index in [-0.39, 0.29) is 17.9 Å². The third-order valence-electron chi connectivity index (χ3n) is 3.80. The van der Waals surface area contributed by atoms with Crippen LogP contribution >= 0.6 is 0 Å². The van der Waals surface area contributed by atoms with E-state index < -0.39 is 11.9 Å². The van der Waals surface area contributed by atoms with Crippen molar-refractivity contribution in [2.24, 2.45) is 11.8 Å². The van der Waals surface area contributed by atoms with E-state index in [1.807, 2.05) is 6.92 Å². The van der Waals surface area contributed by atoms with Crippen LogP contribution in [0, 0.1) is 11.8 Å². The van der Waals surface area contributed by atoms with E-state index in [9.17, 15) is 9.59 Å². The Balaban J connectivity index is 2.05. The maximum atomic E-state index is 12.3. The van der Waals surface area contributed by atoms with Gasteiger partial charge in [0.2, 0.25) is 5.91 Å². The second kappa shape index (κ2) is 5.04. The Morgan fingerprint density at radius 3 is 2.65 bits per heavy atom. The molecule has 2 rings (SSSR count). The van der Waals surface area contributed by atoms with Crippen molar-refractivity contribution >= 4 is 11.9 Å². The lowest BCUT2D eigenvalue weighted by atomic mass is 9.94. The van der Waals surface area contributed by atoms with E-state index in [2.05, 4.69) is 0 Å². The second-order valence-electron chi connectivity index (χ2n) is 4.94. The molecule has 1 heterocycles. The molecule has 0 spiro atoms. The average molecular weight is 241 g/mol. The van der Waals surface area contributed by atoms with Gasteiger partial charge in [0.25, 0.3) is 0 Å². The normalized spacial score (nSPS) is 33.7. The molecular weight excluding hydrogens is 222 g/mol. The molecule has 96 valence electrons. The van der Waals surface area contributed by atoms with E-state index in [1.54, 1.807) is 4.90 Å². The summed E-state index contributed by atoms with van der Waals surface area (Å²) in [6.45, 7) is 3.64. The molecule has 2 fully saturated rings. The van der Waals surface area contributed by atoms with Crippen molar-refractivity contribution in [1.29, 1.82) is 0 Å². The number of carbonyl (C=O) groups excluding carboxylic acids is 1. The van der Waals surface area contributed by atoms with Crippen LogP contribution in [0.4, 0.5) is 0 Å². The van der Waals surface area contributed by atoms with Gasteiger partial charge >= 0.3 is 5.97 Å². The topological polar surface area (TPSA) is 66.8 Å². The quantitative estimate of drug-likeness (QED) is 0.774. The van der Waals surface area contributed by atoms with Crippen molar-refractivity contribution in [2.75, 3.05) is 19.8 Å². The summed E-state index contributed by atoms with van der Waals surface area (Å²) < 4.78 is 5.29. The predicted octanol–water partition coefficient (Wildman–Crippen LogP) is 0.735. The predicted molar refractivity (Wildman–Crippen MR) is 60.5 cm³/mol. The number of rotatable bonds is 2. The van der Waals surface area contributed by atoms with Gasteiger partial charge in [0.05, 0.1) is 31.1 Å². The van der Waals surface area contributed by atoms with Crippen molar-refractivity contribution in [1.82, 2.24) is 4.90 Å². The molecule has 0 radical (unpaired) electrons. The van der Waals surface area contributed by atoms with Gasteiger partial charge in [-0.3, -0.25) is 9.59 Å². The van der Waals surface area contributed by atoms with Gasteiger partial charge in [0.15, 0.2) is 0 Å². The first-order valence-corrected chi connectivity index (χ1v) is 6.22. The Morgan fingerprint density at radius 1 is 1.29 bits per heavy atom. The van der Waals surface area contributed by atoms with Gasteiger partial charge in [-0.1, -0.05) is 6.42 Å². The summed E-state index contributed by atoms with van der Waals surface area (Å²) in [5, 5.41) is 9.10. The largest absolute Gasteiger partial charge is 0.481 e. The lowest BCUT2D eigenvalue weighted by Crippen LogP contribution is -2.50. The fourth-order valence-corrected chi connectivity index (χ4v) is 2.82. The molecule has 1 aliphatic heterocycles. The van der Waals surface area contributed by atoms with Crippen LogP contribution in [0.15, 0.2) is 0 Å². The summed E-state index contributed by atoms with van der Waals surface area (Å²) in [6.07, 6.45) is 2.18. The first-order chi connectivity index (χ1) is 8.11. The minimum absolute atomic E-state index is 0.00528. The summed E-state index contributed by atoms with van der Waals surface area (Å²) in [7, 11) is 0. The third-order valence-corrected chi connectivity index (χ3v) is 3.80. The van der Waals surface area contributed by atoms with Gasteiger partial charge in [0, 0.05) is 6.54 Å². The van der Waals surface area contributed by atoms with Gasteiger partial charge in [-0.25, -0.2) is 0 Å². The SMILES string of the molecule is C[C@@H]1COCCN1C(=O)C1CCCC1C(=O)O. The first kappa shape index (κ1) is 12.4. The lowest BCUT2D eigenvalue weighted by Gasteiger charge is -2.35. The average Bonchev–Trinajstić information content (AvgIpc) is 2.77. The molecular formula is C12H19NO4. The van der Waals surface area contributed by atoms with Crippen LogP contribution in [0.2, 0.25) is 0 Å². The van der Waals surface area contributed by atoms with Crippen molar-refractivity contribution in [2.45, 2.75) is 32.2 Å². The highest BCUT2D eigenvalue weighted by Crippen LogP contribution is 2.34. The van der Waals surface area contributed by atoms with Gasteiger partial charge in [0.1, 0.15) is 0 Å². The highest BCUT2D eigenvalue weighted by atomic mass is 16.5. The number of ether oxygens (including phenoxy) is 1. The number of hydrogen-bond donors (Lipinski definition) is 1. The smallest absolute Gasteiger partial charge is 0.307 e. The van der Waals surface area contributed by atoms with Crippen LogP contribution in [-0.2, 0) is 14.3 Å². The highest BCUT2D eigenvalue weighted by molar-refractivity contribution is 5.85. The van der Waals surface area contributed by atoms with E-state index in [4.69, 9.17) is 9.84 Å². The molecule has 2 aliphatic rings. The van der Waals surface area contributed by atoms with E-state index in [0.717, 1.165) is 6.42 Å². The standard InChI is InChI=1S/C12H19NO4/c1-8-7-17-6-5-13(8)11(14)9-3-2-4-10(9)12(15)16/h8-10H,2-7H2,1H3,(H,15,16)/t8-,9?,10?/m1/s1. The summed E-state index contributed by atoms with van der Waals surface area (Å²) in [5.41, 5.74) is 0. The molecule has 1 aliphatic carbocycles. The molecule has 1 saturated heterocycles. The van der Waals surface area contributed by atoms with Gasteiger partial charge < -0.3 is 14.7 Å². The van der Waals surface area contributed by atoms with Crippen LogP contribution in [0.3, 0.4) is 0 Å². The third kappa shape index (κ3) is 2.44. The van der Waals surface area contributed by atoms with Gasteiger partial charge in [-0.05, 0) is 19.8 Å². The molecule has 1 amide bonds. The summed E-state index contributed by atoms with van der Waals surface area (Å²) in [6, 6.07) is 0.0614. The van der Waals surface area contributed by atoms with Crippen LogP contribution in [0.1, 0.15) is 26.2 Å². The second-order valence-corrected chi connectivity index (χ2v) is 4.94. The Labute approximate surface area is 101 Å². The van der Waals surface area contributed by atoms with Crippen molar-refractivity contribution in [3.05, 3.63) is 0 Å². The number of carboxylic acids is 1. The van der Waals surface area contributed by atoms with E-state index in [1.165, 1.54) is 0 Å². The monoisotopic (exact) mass is 241 g/mol. The number of amides is 1. The summed E-state index contributed by atoms with van der Waals surface area (Å²) in [4.78, 5) is 25.2. The Bertz CT molecular complexity index is 318. The van der Waals surface area contributed by atoms with Crippen LogP contribution < -0.4 is 0 Å². The molecule has 3 atom stereocenters. The number of aliphatic carboxylic acids is 1. The Kier molecular flexibility index (Phi) is 3.66. The molecule has 5 nitrogen and oxygen atoms in total. The molecule has 17 heavy (non-hydrogen) atoms. The maximum Gasteiger partial charge on any atom is 0.307 e. The molecule has 1 saturated carbocycles. The zero-order valence-corrected chi connectivity index (χ0v) is 10.1. The Hall–Kier alpha value is -1.10. The molecule has 1 N–H and O–H groups in total. The van der Waals surface area contributed by atoms with Gasteiger partial charge in [-0.2, -0.15) is 0 Å². The first-order valence-electron chi connectivity index (χ1n) is 6.22. The van der Waals surface area contributed by atoms with Crippen LogP contribution in [-0.4, -0.2) is 47.7 Å². The fraction of sp³-hybridized carbons (Fsp3) is 0.833. The summed E-state index contributed by atoms with van der Waals surface area (Å²) in [5.74, 6) is -1.64. The number of carbonyl (C=O) groups is 2. The fourth-order valence-electron chi connectivity index (χ4n) is 2.82. The molecule has 0 aromatic carbocycles. The van der Waals surface area contributed by atoms with Crippen LogP contribution in [0.25, 0.3) is 0 Å². The highest BCUT2D eigenvalue weighted by Gasteiger charge is 2.41. The maximum absolute atomic E-state index is 12.3. The molecule has 2 unspecified atom stereocenters. The van der Waals surface area contributed by atoms with Crippen molar-refractivity contribution in [3.8, 4) is 0 Å². The van der Waals surface area contributed by atoms with Crippen molar-refractivity contribution in [3.63, 3.8) is 0 Å². The summed E-state index contributed by atoms with van der Waals surface area (Å²) >= 11 is 0. The molecule has 0 aromatic heterocycles. The molecule has 0 aromatic rings. The van der Waals surface area contributed by atoms with E-state index in [0.29, 0.717) is 32.6 Å². The molecule has 5 heteroatoms. The van der Waals surface area contributed by atoms with Crippen molar-refractivity contribution < 1.29 is 19.4 Å². The van der Waals surface area contributed by atoms with E-state index >= 15 is 0 Å². The minimum atomic E-state index is -0.832. The van der Waals surface area contributed by atoms with Gasteiger partial charge in [-0.15, -0.1) is 0 Å². The minimum Gasteiger partial charge on any atom is -0.481 e. The zero-order chi connectivity index (χ0) is 12.4. The lowest BCUT2D eigenvalue weighted by molar-refractivity contribution is -0.152. The molecule has 0 bridgehead atoms. The number of carboxylic acid groups (broad SMARTS) is 1. The number of hydrogen-bond acceptors (Lipinski definition) is 3. The number of morpholine rings is 1. The Morgan fingerprint density at radius 2 is 2.00 bits per heavy atom.